The molecule has 0 saturated carbocycles. The maximum absolute atomic E-state index is 5.68. The summed E-state index contributed by atoms with van der Waals surface area (Å²) in [5.41, 5.74) is 2.63. The van der Waals surface area contributed by atoms with Crippen LogP contribution in [0.4, 0.5) is 0 Å². The highest BCUT2D eigenvalue weighted by molar-refractivity contribution is 14.0. The number of ether oxygens (including phenoxy) is 2. The Balaban J connectivity index is 0.00000420. The molecule has 29 heavy (non-hydrogen) atoms. The molecule has 0 spiro atoms. The van der Waals surface area contributed by atoms with E-state index in [2.05, 4.69) is 60.6 Å². The fourth-order valence-corrected chi connectivity index (χ4v) is 3.03. The lowest BCUT2D eigenvalue weighted by Crippen LogP contribution is -2.39. The quantitative estimate of drug-likeness (QED) is 0.204. The van der Waals surface area contributed by atoms with Gasteiger partial charge < -0.3 is 20.1 Å². The van der Waals surface area contributed by atoms with Crippen molar-refractivity contribution in [3.63, 3.8) is 0 Å². The predicted molar refractivity (Wildman–Crippen MR) is 131 cm³/mol. The minimum Gasteiger partial charge on any atom is -0.380 e. The van der Waals surface area contributed by atoms with Crippen LogP contribution < -0.4 is 10.6 Å². The highest BCUT2D eigenvalue weighted by atomic mass is 127. The minimum atomic E-state index is 0. The van der Waals surface area contributed by atoms with E-state index in [1.54, 1.807) is 0 Å². The van der Waals surface area contributed by atoms with Gasteiger partial charge in [0.1, 0.15) is 0 Å². The largest absolute Gasteiger partial charge is 0.380 e. The zero-order chi connectivity index (χ0) is 20.0. The number of nitrogens with zero attached hydrogens (tertiary/aromatic N) is 2. The summed E-state index contributed by atoms with van der Waals surface area (Å²) < 4.78 is 11.1. The monoisotopic (exact) mass is 518 g/mol. The summed E-state index contributed by atoms with van der Waals surface area (Å²) in [7, 11) is 0. The molecular formula is C22H39IN4O2. The van der Waals surface area contributed by atoms with E-state index in [0.717, 1.165) is 64.9 Å². The smallest absolute Gasteiger partial charge is 0.191 e. The summed E-state index contributed by atoms with van der Waals surface area (Å²) in [4.78, 5) is 7.23. The molecule has 0 radical (unpaired) electrons. The van der Waals surface area contributed by atoms with Crippen LogP contribution in [0, 0.1) is 5.92 Å². The topological polar surface area (TPSA) is 58.1 Å². The molecule has 1 aromatic rings. The summed E-state index contributed by atoms with van der Waals surface area (Å²) in [5.74, 6) is 1.53. The van der Waals surface area contributed by atoms with Crippen LogP contribution in [0.2, 0.25) is 0 Å². The number of morpholine rings is 1. The highest BCUT2D eigenvalue weighted by Gasteiger charge is 2.12. The molecule has 0 atom stereocenters. The van der Waals surface area contributed by atoms with Crippen molar-refractivity contribution in [2.45, 2.75) is 40.3 Å². The summed E-state index contributed by atoms with van der Waals surface area (Å²) in [5, 5.41) is 6.69. The third-order valence-corrected chi connectivity index (χ3v) is 4.75. The molecule has 6 nitrogen and oxygen atoms in total. The predicted octanol–water partition coefficient (Wildman–Crippen LogP) is 3.25. The summed E-state index contributed by atoms with van der Waals surface area (Å²) in [6.07, 6.45) is 1.11. The molecule has 7 heteroatoms. The van der Waals surface area contributed by atoms with E-state index in [4.69, 9.17) is 14.5 Å². The first-order valence-corrected chi connectivity index (χ1v) is 10.7. The Morgan fingerprint density at radius 2 is 1.86 bits per heavy atom. The van der Waals surface area contributed by atoms with Gasteiger partial charge >= 0.3 is 0 Å². The summed E-state index contributed by atoms with van der Waals surface area (Å²) in [6.45, 7) is 14.9. The number of hydrogen-bond acceptors (Lipinski definition) is 4. The third-order valence-electron chi connectivity index (χ3n) is 4.75. The van der Waals surface area contributed by atoms with Crippen molar-refractivity contribution in [2.24, 2.45) is 10.9 Å². The van der Waals surface area contributed by atoms with Crippen molar-refractivity contribution in [3.05, 3.63) is 35.4 Å². The molecule has 0 aromatic heterocycles. The lowest BCUT2D eigenvalue weighted by atomic mass is 10.1. The molecule has 2 rings (SSSR count). The van der Waals surface area contributed by atoms with Crippen molar-refractivity contribution >= 4 is 29.9 Å². The van der Waals surface area contributed by atoms with Crippen molar-refractivity contribution in [1.82, 2.24) is 15.5 Å². The van der Waals surface area contributed by atoms with E-state index in [1.165, 1.54) is 11.1 Å². The standard InChI is InChI=1S/C22H38N4O2.HI/c1-4-23-22(24-10-14-27-13-9-19(2)3)25-17-20-7-5-6-8-21(20)18-26-11-15-28-16-12-26;/h5-8,19H,4,9-18H2,1-3H3,(H2,23,24,25);1H. The van der Waals surface area contributed by atoms with E-state index in [-0.39, 0.29) is 24.0 Å². The van der Waals surface area contributed by atoms with Gasteiger partial charge in [-0.25, -0.2) is 4.99 Å². The van der Waals surface area contributed by atoms with Crippen LogP contribution in [0.3, 0.4) is 0 Å². The molecule has 1 heterocycles. The Kier molecular flexibility index (Phi) is 14.3. The van der Waals surface area contributed by atoms with Gasteiger partial charge in [0.05, 0.1) is 26.4 Å². The van der Waals surface area contributed by atoms with Crippen LogP contribution in [0.1, 0.15) is 38.3 Å². The van der Waals surface area contributed by atoms with E-state index >= 15 is 0 Å². The fourth-order valence-electron chi connectivity index (χ4n) is 3.03. The molecule has 0 bridgehead atoms. The second-order valence-electron chi connectivity index (χ2n) is 7.57. The second kappa shape index (κ2) is 15.9. The van der Waals surface area contributed by atoms with E-state index in [9.17, 15) is 0 Å². The average Bonchev–Trinajstić information content (AvgIpc) is 2.70. The molecule has 1 aliphatic rings. The average molecular weight is 518 g/mol. The Morgan fingerprint density at radius 1 is 1.14 bits per heavy atom. The zero-order valence-corrected chi connectivity index (χ0v) is 20.6. The summed E-state index contributed by atoms with van der Waals surface area (Å²) in [6, 6.07) is 8.60. The van der Waals surface area contributed by atoms with Gasteiger partial charge in [0, 0.05) is 39.3 Å². The SMILES string of the molecule is CCNC(=NCc1ccccc1CN1CCOCC1)NCCOCCC(C)C.I. The molecule has 0 aliphatic carbocycles. The molecule has 166 valence electrons. The van der Waals surface area contributed by atoms with Gasteiger partial charge in [0.25, 0.3) is 0 Å². The van der Waals surface area contributed by atoms with Crippen molar-refractivity contribution < 1.29 is 9.47 Å². The van der Waals surface area contributed by atoms with Gasteiger partial charge in [-0.2, -0.15) is 0 Å². The maximum Gasteiger partial charge on any atom is 0.191 e. The van der Waals surface area contributed by atoms with Crippen molar-refractivity contribution in [2.75, 3.05) is 52.6 Å². The van der Waals surface area contributed by atoms with Crippen molar-refractivity contribution in [1.29, 1.82) is 0 Å². The molecule has 1 saturated heterocycles. The number of aliphatic imine (C=N–C) groups is 1. The van der Waals surface area contributed by atoms with Crippen LogP contribution >= 0.6 is 24.0 Å². The normalized spacial score (nSPS) is 15.2. The van der Waals surface area contributed by atoms with Gasteiger partial charge in [0.2, 0.25) is 0 Å². The molecule has 0 amide bonds. The number of nitrogens with one attached hydrogen (secondary N) is 2. The lowest BCUT2D eigenvalue weighted by molar-refractivity contribution is 0.0341. The Hall–Kier alpha value is -0.900. The van der Waals surface area contributed by atoms with Gasteiger partial charge in [-0.15, -0.1) is 24.0 Å². The Labute approximate surface area is 193 Å². The van der Waals surface area contributed by atoms with E-state index in [1.807, 2.05) is 0 Å². The zero-order valence-electron chi connectivity index (χ0n) is 18.3. The number of halogens is 1. The van der Waals surface area contributed by atoms with E-state index < -0.39 is 0 Å². The number of benzene rings is 1. The molecular weight excluding hydrogens is 479 g/mol. The van der Waals surface area contributed by atoms with Gasteiger partial charge in [-0.3, -0.25) is 4.90 Å². The first-order valence-electron chi connectivity index (χ1n) is 10.7. The van der Waals surface area contributed by atoms with Crippen LogP contribution in [0.15, 0.2) is 29.3 Å². The van der Waals surface area contributed by atoms with Gasteiger partial charge in [-0.1, -0.05) is 38.1 Å². The third kappa shape index (κ3) is 11.2. The van der Waals surface area contributed by atoms with Crippen LogP contribution in [-0.2, 0) is 22.6 Å². The number of rotatable bonds is 11. The Morgan fingerprint density at radius 3 is 2.55 bits per heavy atom. The van der Waals surface area contributed by atoms with Gasteiger partial charge in [-0.05, 0) is 30.4 Å². The first-order chi connectivity index (χ1) is 13.7. The molecule has 1 aliphatic heterocycles. The van der Waals surface area contributed by atoms with Gasteiger partial charge in [0.15, 0.2) is 5.96 Å². The molecule has 0 unspecified atom stereocenters. The number of hydrogen-bond donors (Lipinski definition) is 2. The summed E-state index contributed by atoms with van der Waals surface area (Å²) >= 11 is 0. The van der Waals surface area contributed by atoms with Crippen LogP contribution in [-0.4, -0.2) is 63.5 Å². The van der Waals surface area contributed by atoms with E-state index in [0.29, 0.717) is 19.1 Å². The van der Waals surface area contributed by atoms with Crippen LogP contribution in [0.5, 0.6) is 0 Å². The first kappa shape index (κ1) is 26.1. The second-order valence-corrected chi connectivity index (χ2v) is 7.57. The molecule has 1 aromatic carbocycles. The number of guanidine groups is 1. The highest BCUT2D eigenvalue weighted by Crippen LogP contribution is 2.14. The Bertz CT molecular complexity index is 578. The molecule has 2 N–H and O–H groups in total. The molecule has 1 fully saturated rings. The lowest BCUT2D eigenvalue weighted by Gasteiger charge is -2.27. The van der Waals surface area contributed by atoms with Crippen molar-refractivity contribution in [3.8, 4) is 0 Å². The minimum absolute atomic E-state index is 0. The maximum atomic E-state index is 5.68. The van der Waals surface area contributed by atoms with Crippen LogP contribution in [0.25, 0.3) is 0 Å². The fraction of sp³-hybridized carbons (Fsp3) is 0.682.